The van der Waals surface area contributed by atoms with Gasteiger partial charge in [-0.1, -0.05) is 64.5 Å². The van der Waals surface area contributed by atoms with E-state index >= 15 is 0 Å². The minimum Gasteiger partial charge on any atom is -0.493 e. The number of ketones is 2. The van der Waals surface area contributed by atoms with Crippen molar-refractivity contribution in [2.75, 3.05) is 7.11 Å². The number of methoxy groups -OCH3 is 1. The molecule has 5 nitrogen and oxygen atoms in total. The van der Waals surface area contributed by atoms with Gasteiger partial charge in [0.1, 0.15) is 6.61 Å². The summed E-state index contributed by atoms with van der Waals surface area (Å²) in [5.74, 6) is 1.14. The van der Waals surface area contributed by atoms with Crippen LogP contribution in [0.5, 0.6) is 11.5 Å². The fourth-order valence-electron chi connectivity index (χ4n) is 6.32. The fourth-order valence-corrected chi connectivity index (χ4v) is 7.50. The lowest BCUT2D eigenvalue weighted by atomic mass is 9.71. The lowest BCUT2D eigenvalue weighted by Crippen LogP contribution is -2.38. The first-order valence-corrected chi connectivity index (χ1v) is 15.9. The van der Waals surface area contributed by atoms with Crippen molar-refractivity contribution in [3.05, 3.63) is 114 Å². The van der Waals surface area contributed by atoms with E-state index in [0.29, 0.717) is 37.5 Å². The number of carbonyl (C=O) groups is 2. The monoisotopic (exact) mass is 723 g/mol. The van der Waals surface area contributed by atoms with Crippen LogP contribution in [0.25, 0.3) is 0 Å². The SMILES string of the molecule is COc1cc(C2C3=C(CCCC3=O)N(Cc3ccccc3)C3=C2C(=O)CCC3)cc(I)c1OCc1ccccc1Br. The van der Waals surface area contributed by atoms with Crippen molar-refractivity contribution in [3.8, 4) is 11.5 Å². The zero-order valence-corrected chi connectivity index (χ0v) is 26.7. The Morgan fingerprint density at radius 1 is 0.878 bits per heavy atom. The van der Waals surface area contributed by atoms with Crippen LogP contribution in [0, 0.1) is 3.57 Å². The average molecular weight is 724 g/mol. The van der Waals surface area contributed by atoms with E-state index in [1.54, 1.807) is 7.11 Å². The third-order valence-corrected chi connectivity index (χ3v) is 9.76. The lowest BCUT2D eigenvalue weighted by Gasteiger charge is -2.44. The van der Waals surface area contributed by atoms with Crippen molar-refractivity contribution in [1.29, 1.82) is 0 Å². The summed E-state index contributed by atoms with van der Waals surface area (Å²) in [4.78, 5) is 29.7. The summed E-state index contributed by atoms with van der Waals surface area (Å²) in [7, 11) is 1.63. The summed E-state index contributed by atoms with van der Waals surface area (Å²) in [6, 6.07) is 22.3. The van der Waals surface area contributed by atoms with Gasteiger partial charge in [0.25, 0.3) is 0 Å². The number of halogens is 2. The number of ether oxygens (including phenoxy) is 2. The second-order valence-corrected chi connectivity index (χ2v) is 12.7. The molecular weight excluding hydrogens is 693 g/mol. The smallest absolute Gasteiger partial charge is 0.174 e. The molecule has 0 saturated carbocycles. The number of hydrogen-bond donors (Lipinski definition) is 0. The van der Waals surface area contributed by atoms with Gasteiger partial charge >= 0.3 is 0 Å². The van der Waals surface area contributed by atoms with Crippen molar-refractivity contribution in [3.63, 3.8) is 0 Å². The molecule has 0 aromatic heterocycles. The number of carbonyl (C=O) groups excluding carboxylic acids is 2. The number of nitrogens with zero attached hydrogens (tertiary/aromatic N) is 1. The largest absolute Gasteiger partial charge is 0.493 e. The van der Waals surface area contributed by atoms with E-state index in [4.69, 9.17) is 9.47 Å². The van der Waals surface area contributed by atoms with Crippen molar-refractivity contribution in [2.24, 2.45) is 0 Å². The molecular formula is C34H31BrINO4. The van der Waals surface area contributed by atoms with E-state index in [2.05, 4.69) is 61.6 Å². The Kier molecular flexibility index (Phi) is 8.35. The number of allylic oxidation sites excluding steroid dienone is 4. The minimum absolute atomic E-state index is 0.141. The molecule has 0 bridgehead atoms. The van der Waals surface area contributed by atoms with Crippen LogP contribution in [0.4, 0.5) is 0 Å². The number of Topliss-reactive ketones (excluding diaryl/α,β-unsaturated/α-hetero) is 2. The fraction of sp³-hybridized carbons (Fsp3) is 0.294. The third-order valence-electron chi connectivity index (χ3n) is 8.18. The molecule has 0 fully saturated rings. The Morgan fingerprint density at radius 2 is 1.51 bits per heavy atom. The molecule has 1 heterocycles. The molecule has 3 aliphatic rings. The second kappa shape index (κ2) is 12.1. The zero-order chi connectivity index (χ0) is 28.5. The van der Waals surface area contributed by atoms with Crippen molar-refractivity contribution >= 4 is 50.1 Å². The minimum atomic E-state index is -0.396. The van der Waals surface area contributed by atoms with Crippen LogP contribution in [-0.2, 0) is 22.7 Å². The van der Waals surface area contributed by atoms with E-state index in [-0.39, 0.29) is 11.6 Å². The van der Waals surface area contributed by atoms with Gasteiger partial charge in [-0.25, -0.2) is 0 Å². The van der Waals surface area contributed by atoms with Gasteiger partial charge in [0.15, 0.2) is 23.1 Å². The number of benzene rings is 3. The van der Waals surface area contributed by atoms with Crippen molar-refractivity contribution in [1.82, 2.24) is 4.90 Å². The zero-order valence-electron chi connectivity index (χ0n) is 22.9. The molecule has 0 unspecified atom stereocenters. The second-order valence-electron chi connectivity index (χ2n) is 10.7. The van der Waals surface area contributed by atoms with Crippen LogP contribution >= 0.6 is 38.5 Å². The molecule has 0 N–H and O–H groups in total. The highest BCUT2D eigenvalue weighted by Gasteiger charge is 2.43. The van der Waals surface area contributed by atoms with E-state index < -0.39 is 5.92 Å². The first-order valence-electron chi connectivity index (χ1n) is 14.0. The summed E-state index contributed by atoms with van der Waals surface area (Å²) in [6.07, 6.45) is 4.33. The molecule has 210 valence electrons. The Hall–Kier alpha value is -2.91. The van der Waals surface area contributed by atoms with E-state index in [1.165, 1.54) is 5.56 Å². The lowest BCUT2D eigenvalue weighted by molar-refractivity contribution is -0.117. The maximum Gasteiger partial charge on any atom is 0.174 e. The van der Waals surface area contributed by atoms with Crippen LogP contribution in [0.15, 0.2) is 93.7 Å². The molecule has 3 aromatic rings. The van der Waals surface area contributed by atoms with Gasteiger partial charge in [-0.3, -0.25) is 9.59 Å². The number of hydrogen-bond acceptors (Lipinski definition) is 5. The van der Waals surface area contributed by atoms with E-state index in [0.717, 1.165) is 67.4 Å². The highest BCUT2D eigenvalue weighted by atomic mass is 127. The Labute approximate surface area is 262 Å². The van der Waals surface area contributed by atoms with Crippen LogP contribution in [-0.4, -0.2) is 23.6 Å². The van der Waals surface area contributed by atoms with Gasteiger partial charge in [-0.2, -0.15) is 0 Å². The van der Waals surface area contributed by atoms with Gasteiger partial charge in [-0.15, -0.1) is 0 Å². The normalized spacial score (nSPS) is 17.5. The maximum absolute atomic E-state index is 13.7. The summed E-state index contributed by atoms with van der Waals surface area (Å²) >= 11 is 5.88. The molecule has 1 aliphatic heterocycles. The van der Waals surface area contributed by atoms with Gasteiger partial charge < -0.3 is 14.4 Å². The van der Waals surface area contributed by atoms with Gasteiger partial charge in [-0.05, 0) is 77.6 Å². The Bertz CT molecular complexity index is 1530. The standard InChI is InChI=1S/C34H31BrINO4/c1-40-30-18-23(17-25(36)34(30)41-20-22-11-5-6-12-24(22)35)31-32-26(13-7-15-28(32)38)37(19-21-9-3-2-4-10-21)27-14-8-16-29(39)33(27)31/h2-6,9-12,17-18,31H,7-8,13-16,19-20H2,1H3. The Morgan fingerprint density at radius 3 is 2.15 bits per heavy atom. The molecule has 3 aromatic carbocycles. The van der Waals surface area contributed by atoms with E-state index in [1.807, 2.05) is 48.5 Å². The highest BCUT2D eigenvalue weighted by Crippen LogP contribution is 2.51. The number of rotatable bonds is 7. The van der Waals surface area contributed by atoms with Crippen LogP contribution in [0.2, 0.25) is 0 Å². The van der Waals surface area contributed by atoms with Crippen LogP contribution in [0.3, 0.4) is 0 Å². The summed E-state index contributed by atoms with van der Waals surface area (Å²) in [5.41, 5.74) is 6.82. The van der Waals surface area contributed by atoms with Gasteiger partial charge in [0.05, 0.1) is 10.7 Å². The van der Waals surface area contributed by atoms with Crippen LogP contribution in [0.1, 0.15) is 61.1 Å². The maximum atomic E-state index is 13.7. The molecule has 0 radical (unpaired) electrons. The first-order chi connectivity index (χ1) is 20.0. The summed E-state index contributed by atoms with van der Waals surface area (Å²) in [5, 5.41) is 0. The van der Waals surface area contributed by atoms with E-state index in [9.17, 15) is 9.59 Å². The average Bonchev–Trinajstić information content (AvgIpc) is 2.98. The summed E-state index contributed by atoms with van der Waals surface area (Å²) in [6.45, 7) is 1.04. The third kappa shape index (κ3) is 5.50. The highest BCUT2D eigenvalue weighted by molar-refractivity contribution is 14.1. The predicted octanol–water partition coefficient (Wildman–Crippen LogP) is 8.25. The van der Waals surface area contributed by atoms with Crippen molar-refractivity contribution in [2.45, 2.75) is 57.6 Å². The molecule has 6 rings (SSSR count). The summed E-state index contributed by atoms with van der Waals surface area (Å²) < 4.78 is 14.0. The van der Waals surface area contributed by atoms with Crippen molar-refractivity contribution < 1.29 is 19.1 Å². The van der Waals surface area contributed by atoms with Gasteiger partial charge in [0.2, 0.25) is 0 Å². The first kappa shape index (κ1) is 28.2. The van der Waals surface area contributed by atoms with Gasteiger partial charge in [0, 0.05) is 57.9 Å². The Balaban J connectivity index is 1.45. The molecule has 7 heteroatoms. The molecule has 41 heavy (non-hydrogen) atoms. The predicted molar refractivity (Wildman–Crippen MR) is 171 cm³/mol. The topological polar surface area (TPSA) is 55.8 Å². The van der Waals surface area contributed by atoms with Crippen LogP contribution < -0.4 is 9.47 Å². The molecule has 0 saturated heterocycles. The quantitative estimate of drug-likeness (QED) is 0.230. The molecule has 0 atom stereocenters. The molecule has 0 spiro atoms. The molecule has 0 amide bonds. The molecule has 2 aliphatic carbocycles.